The highest BCUT2D eigenvalue weighted by molar-refractivity contribution is 5.84. The first-order chi connectivity index (χ1) is 9.52. The fourth-order valence-electron chi connectivity index (χ4n) is 1.81. The van der Waals surface area contributed by atoms with E-state index in [0.717, 1.165) is 12.8 Å². The zero-order chi connectivity index (χ0) is 15.0. The molecule has 0 bridgehead atoms. The summed E-state index contributed by atoms with van der Waals surface area (Å²) in [5.74, 6) is -0.591. The number of nitrogens with two attached hydrogens (primary N) is 1. The number of nitrogens with one attached hydrogen (secondary N) is 1. The highest BCUT2D eigenvalue weighted by Crippen LogP contribution is 2.08. The highest BCUT2D eigenvalue weighted by atomic mass is 16.4. The number of amides is 1. The Balaban J connectivity index is 2.19. The van der Waals surface area contributed by atoms with Gasteiger partial charge in [-0.15, -0.1) is 0 Å². The first-order valence-electron chi connectivity index (χ1n) is 6.74. The second kappa shape index (κ2) is 8.31. The Morgan fingerprint density at radius 2 is 2.25 bits per heavy atom. The van der Waals surface area contributed by atoms with Gasteiger partial charge in [0.15, 0.2) is 5.69 Å². The van der Waals surface area contributed by atoms with E-state index in [9.17, 15) is 9.59 Å². The van der Waals surface area contributed by atoms with Gasteiger partial charge in [0.25, 0.3) is 0 Å². The molecule has 0 aromatic carbocycles. The molecular weight excluding hydrogens is 260 g/mol. The van der Waals surface area contributed by atoms with Crippen LogP contribution in [0.5, 0.6) is 0 Å². The van der Waals surface area contributed by atoms with Crippen molar-refractivity contribution in [2.75, 3.05) is 13.1 Å². The molecule has 7 nitrogen and oxygen atoms in total. The lowest BCUT2D eigenvalue weighted by Crippen LogP contribution is -2.27. The monoisotopic (exact) mass is 282 g/mol. The number of rotatable bonds is 9. The van der Waals surface area contributed by atoms with Crippen molar-refractivity contribution in [1.82, 2.24) is 14.9 Å². The first-order valence-corrected chi connectivity index (χ1v) is 6.74. The number of carbonyl (C=O) groups excluding carboxylic acids is 1. The predicted molar refractivity (Wildman–Crippen MR) is 74.3 cm³/mol. The van der Waals surface area contributed by atoms with E-state index in [-0.39, 0.29) is 11.6 Å². The average Bonchev–Trinajstić information content (AvgIpc) is 2.86. The number of carbonyl (C=O) groups is 2. The van der Waals surface area contributed by atoms with Gasteiger partial charge in [-0.1, -0.05) is 6.92 Å². The molecule has 0 radical (unpaired) electrons. The van der Waals surface area contributed by atoms with E-state index in [1.54, 1.807) is 4.57 Å². The molecule has 4 N–H and O–H groups in total. The molecule has 1 unspecified atom stereocenters. The number of hydrogen-bond donors (Lipinski definition) is 3. The molecule has 7 heteroatoms. The van der Waals surface area contributed by atoms with Gasteiger partial charge in [0, 0.05) is 25.7 Å². The van der Waals surface area contributed by atoms with Crippen molar-refractivity contribution in [2.24, 2.45) is 11.7 Å². The van der Waals surface area contributed by atoms with Crippen LogP contribution in [-0.4, -0.2) is 39.6 Å². The maximum atomic E-state index is 11.6. The van der Waals surface area contributed by atoms with E-state index in [2.05, 4.69) is 17.2 Å². The standard InChI is InChI=1S/C13H22N4O3/c1-10(4-5-14)2-3-12(18)15-6-7-17-8-11(13(19)20)16-9-17/h8-10H,2-7,14H2,1H3,(H,15,18)(H,19,20). The Morgan fingerprint density at radius 3 is 2.85 bits per heavy atom. The van der Waals surface area contributed by atoms with Crippen molar-refractivity contribution in [3.05, 3.63) is 18.2 Å². The molecule has 1 amide bonds. The molecule has 0 spiro atoms. The van der Waals surface area contributed by atoms with Gasteiger partial charge in [-0.05, 0) is 25.3 Å². The molecule has 0 fully saturated rings. The number of hydrogen-bond acceptors (Lipinski definition) is 4. The summed E-state index contributed by atoms with van der Waals surface area (Å²) in [6.07, 6.45) is 5.14. The van der Waals surface area contributed by atoms with Crippen LogP contribution < -0.4 is 11.1 Å². The lowest BCUT2D eigenvalue weighted by molar-refractivity contribution is -0.121. The Morgan fingerprint density at radius 1 is 1.50 bits per heavy atom. The van der Waals surface area contributed by atoms with Crippen molar-refractivity contribution in [2.45, 2.75) is 32.7 Å². The molecule has 1 heterocycles. The summed E-state index contributed by atoms with van der Waals surface area (Å²) in [6, 6.07) is 0. The van der Waals surface area contributed by atoms with Gasteiger partial charge in [0.05, 0.1) is 6.33 Å². The molecule has 1 aromatic rings. The largest absolute Gasteiger partial charge is 0.476 e. The van der Waals surface area contributed by atoms with Crippen LogP contribution in [0.2, 0.25) is 0 Å². The molecule has 1 rings (SSSR count). The van der Waals surface area contributed by atoms with Crippen LogP contribution >= 0.6 is 0 Å². The van der Waals surface area contributed by atoms with Gasteiger partial charge in [-0.3, -0.25) is 4.79 Å². The van der Waals surface area contributed by atoms with Gasteiger partial charge >= 0.3 is 5.97 Å². The SMILES string of the molecule is CC(CCN)CCC(=O)NCCn1cnc(C(=O)O)c1. The number of imidazole rings is 1. The van der Waals surface area contributed by atoms with Crippen molar-refractivity contribution in [1.29, 1.82) is 0 Å². The van der Waals surface area contributed by atoms with E-state index in [4.69, 9.17) is 10.8 Å². The third-order valence-corrected chi connectivity index (χ3v) is 3.07. The first kappa shape index (κ1) is 16.2. The summed E-state index contributed by atoms with van der Waals surface area (Å²) in [6.45, 7) is 3.69. The third kappa shape index (κ3) is 5.83. The smallest absolute Gasteiger partial charge is 0.356 e. The van der Waals surface area contributed by atoms with Crippen LogP contribution in [-0.2, 0) is 11.3 Å². The fraction of sp³-hybridized carbons (Fsp3) is 0.615. The van der Waals surface area contributed by atoms with Gasteiger partial charge < -0.3 is 20.7 Å². The molecule has 0 aliphatic rings. The number of aromatic nitrogens is 2. The molecule has 0 aliphatic carbocycles. The van der Waals surface area contributed by atoms with Crippen LogP contribution in [0.25, 0.3) is 0 Å². The number of nitrogens with zero attached hydrogens (tertiary/aromatic N) is 2. The van der Waals surface area contributed by atoms with Gasteiger partial charge in [-0.2, -0.15) is 0 Å². The number of carboxylic acid groups (broad SMARTS) is 1. The molecule has 112 valence electrons. The van der Waals surface area contributed by atoms with E-state index in [1.807, 2.05) is 0 Å². The zero-order valence-corrected chi connectivity index (χ0v) is 11.7. The summed E-state index contributed by atoms with van der Waals surface area (Å²) >= 11 is 0. The van der Waals surface area contributed by atoms with E-state index < -0.39 is 5.97 Å². The van der Waals surface area contributed by atoms with E-state index >= 15 is 0 Å². The number of carboxylic acids is 1. The van der Waals surface area contributed by atoms with Crippen LogP contribution in [0.3, 0.4) is 0 Å². The zero-order valence-electron chi connectivity index (χ0n) is 11.7. The van der Waals surface area contributed by atoms with Gasteiger partial charge in [0.1, 0.15) is 0 Å². The van der Waals surface area contributed by atoms with Crippen LogP contribution in [0.4, 0.5) is 0 Å². The van der Waals surface area contributed by atoms with E-state index in [1.165, 1.54) is 12.5 Å². The maximum Gasteiger partial charge on any atom is 0.356 e. The molecular formula is C13H22N4O3. The molecule has 1 atom stereocenters. The maximum absolute atomic E-state index is 11.6. The van der Waals surface area contributed by atoms with Crippen molar-refractivity contribution >= 4 is 11.9 Å². The molecule has 1 aromatic heterocycles. The Bertz CT molecular complexity index is 445. The Kier molecular flexibility index (Phi) is 6.72. The van der Waals surface area contributed by atoms with Gasteiger partial charge in [0.2, 0.25) is 5.91 Å². The average molecular weight is 282 g/mol. The summed E-state index contributed by atoms with van der Waals surface area (Å²) < 4.78 is 1.64. The summed E-state index contributed by atoms with van der Waals surface area (Å²) in [5, 5.41) is 11.5. The van der Waals surface area contributed by atoms with Crippen LogP contribution in [0, 0.1) is 5.92 Å². The lowest BCUT2D eigenvalue weighted by Gasteiger charge is -2.10. The Hall–Kier alpha value is -1.89. The number of aromatic carboxylic acids is 1. The molecule has 0 saturated carbocycles. The third-order valence-electron chi connectivity index (χ3n) is 3.07. The quantitative estimate of drug-likeness (QED) is 0.609. The minimum Gasteiger partial charge on any atom is -0.476 e. The van der Waals surface area contributed by atoms with Crippen LogP contribution in [0.1, 0.15) is 36.7 Å². The normalized spacial score (nSPS) is 12.1. The molecule has 0 aliphatic heterocycles. The minimum absolute atomic E-state index is 0.00642. The second-order valence-electron chi connectivity index (χ2n) is 4.87. The molecule has 20 heavy (non-hydrogen) atoms. The van der Waals surface area contributed by atoms with Crippen LogP contribution in [0.15, 0.2) is 12.5 Å². The van der Waals surface area contributed by atoms with Crippen molar-refractivity contribution < 1.29 is 14.7 Å². The van der Waals surface area contributed by atoms with Crippen molar-refractivity contribution in [3.8, 4) is 0 Å². The summed E-state index contributed by atoms with van der Waals surface area (Å²) in [7, 11) is 0. The minimum atomic E-state index is -1.05. The predicted octanol–water partition coefficient (Wildman–Crippen LogP) is 0.463. The summed E-state index contributed by atoms with van der Waals surface area (Å²) in [4.78, 5) is 26.0. The second-order valence-corrected chi connectivity index (χ2v) is 4.87. The highest BCUT2D eigenvalue weighted by Gasteiger charge is 2.07. The topological polar surface area (TPSA) is 110 Å². The Labute approximate surface area is 118 Å². The lowest BCUT2D eigenvalue weighted by atomic mass is 10.0. The van der Waals surface area contributed by atoms with E-state index in [0.29, 0.717) is 32.0 Å². The van der Waals surface area contributed by atoms with Crippen molar-refractivity contribution in [3.63, 3.8) is 0 Å². The molecule has 0 saturated heterocycles. The van der Waals surface area contributed by atoms with Gasteiger partial charge in [-0.25, -0.2) is 9.78 Å². The fourth-order valence-corrected chi connectivity index (χ4v) is 1.81. The summed E-state index contributed by atoms with van der Waals surface area (Å²) in [5.41, 5.74) is 5.46.